The predicted molar refractivity (Wildman–Crippen MR) is 295 cm³/mol. The van der Waals surface area contributed by atoms with E-state index < -0.39 is 20.0 Å². The first-order valence-corrected chi connectivity index (χ1v) is 30.5. The van der Waals surface area contributed by atoms with Crippen LogP contribution < -0.4 is 5.32 Å². The Balaban J connectivity index is 4.09. The molecular weight excluding hydrogens is 864 g/mol. The summed E-state index contributed by atoms with van der Waals surface area (Å²) in [6.07, 6.45) is 66.5. The maximum Gasteiger partial charge on any atom is 0.472 e. The molecule has 0 aromatic rings. The Labute approximate surface area is 422 Å². The highest BCUT2D eigenvalue weighted by Crippen LogP contribution is 2.43. The van der Waals surface area contributed by atoms with Gasteiger partial charge in [0.2, 0.25) is 5.91 Å². The summed E-state index contributed by atoms with van der Waals surface area (Å²) in [7, 11) is 1.56. The molecule has 0 fully saturated rings. The van der Waals surface area contributed by atoms with Crippen molar-refractivity contribution in [3.8, 4) is 0 Å². The lowest BCUT2D eigenvalue weighted by molar-refractivity contribution is -0.870. The Bertz CT molecular complexity index is 1250. The third-order valence-corrected chi connectivity index (χ3v) is 14.0. The van der Waals surface area contributed by atoms with Crippen LogP contribution in [0.15, 0.2) is 48.6 Å². The number of unbranched alkanes of at least 4 members (excludes halogenated alkanes) is 34. The van der Waals surface area contributed by atoms with E-state index in [1.54, 1.807) is 6.08 Å². The number of aliphatic hydroxyl groups is 1. The number of rotatable bonds is 53. The van der Waals surface area contributed by atoms with Crippen molar-refractivity contribution in [2.45, 2.75) is 283 Å². The molecule has 0 rings (SSSR count). The SMILES string of the molecule is CCCCCCC/C=C\C/C=C\CCCCCCCCCCCCCCCCCCCCCC(=O)NC(COP(=O)(O)OCC[N+](C)(C)C)C(O)/C=C/CC/C=C/CCCCCCCCCCC. The van der Waals surface area contributed by atoms with Crippen LogP contribution in [-0.2, 0) is 18.4 Å². The van der Waals surface area contributed by atoms with Crippen molar-refractivity contribution in [1.82, 2.24) is 5.32 Å². The Morgan fingerprint density at radius 3 is 1.26 bits per heavy atom. The second-order valence-corrected chi connectivity index (χ2v) is 22.5. The molecule has 0 saturated heterocycles. The van der Waals surface area contributed by atoms with E-state index >= 15 is 0 Å². The Hall–Kier alpha value is -1.54. The molecule has 0 aliphatic rings. The van der Waals surface area contributed by atoms with Gasteiger partial charge in [0.05, 0.1) is 39.9 Å². The number of carbonyl (C=O) groups is 1. The average Bonchev–Trinajstić information content (AvgIpc) is 3.30. The third-order valence-electron chi connectivity index (χ3n) is 13.0. The summed E-state index contributed by atoms with van der Waals surface area (Å²) in [5.74, 6) is -0.184. The first kappa shape index (κ1) is 66.5. The molecule has 0 aromatic carbocycles. The van der Waals surface area contributed by atoms with Crippen LogP contribution in [0.1, 0.15) is 271 Å². The molecule has 0 heterocycles. The largest absolute Gasteiger partial charge is 0.472 e. The maximum atomic E-state index is 13.0. The van der Waals surface area contributed by atoms with E-state index in [-0.39, 0.29) is 19.1 Å². The number of hydrogen-bond acceptors (Lipinski definition) is 5. The van der Waals surface area contributed by atoms with E-state index in [9.17, 15) is 19.4 Å². The summed E-state index contributed by atoms with van der Waals surface area (Å²) in [4.78, 5) is 23.3. The predicted octanol–water partition coefficient (Wildman–Crippen LogP) is 17.5. The van der Waals surface area contributed by atoms with Crippen LogP contribution >= 0.6 is 7.82 Å². The summed E-state index contributed by atoms with van der Waals surface area (Å²) in [6, 6.07) is -0.862. The summed E-state index contributed by atoms with van der Waals surface area (Å²) in [6.45, 7) is 4.80. The number of nitrogens with zero attached hydrogens (tertiary/aromatic N) is 1. The highest BCUT2D eigenvalue weighted by molar-refractivity contribution is 7.47. The van der Waals surface area contributed by atoms with Gasteiger partial charge in [-0.3, -0.25) is 13.8 Å². The van der Waals surface area contributed by atoms with E-state index in [1.165, 1.54) is 205 Å². The number of phosphoric acid groups is 1. The quantitative estimate of drug-likeness (QED) is 0.0243. The van der Waals surface area contributed by atoms with Gasteiger partial charge in [-0.15, -0.1) is 0 Å². The highest BCUT2D eigenvalue weighted by atomic mass is 31.2. The van der Waals surface area contributed by atoms with Crippen molar-refractivity contribution in [2.75, 3.05) is 40.9 Å². The molecule has 8 nitrogen and oxygen atoms in total. The van der Waals surface area contributed by atoms with Crippen molar-refractivity contribution < 1.29 is 32.9 Å². The van der Waals surface area contributed by atoms with Gasteiger partial charge >= 0.3 is 7.82 Å². The van der Waals surface area contributed by atoms with Crippen LogP contribution in [0.25, 0.3) is 0 Å². The van der Waals surface area contributed by atoms with E-state index in [0.29, 0.717) is 17.4 Å². The Kier molecular flexibility index (Phi) is 49.3. The molecule has 9 heteroatoms. The minimum Gasteiger partial charge on any atom is -0.387 e. The number of allylic oxidation sites excluding steroid dienone is 7. The lowest BCUT2D eigenvalue weighted by Crippen LogP contribution is -2.45. The number of likely N-dealkylation sites (N-methyl/N-ethyl adjacent to an activating group) is 1. The van der Waals surface area contributed by atoms with Crippen molar-refractivity contribution in [1.29, 1.82) is 0 Å². The molecule has 0 saturated carbocycles. The number of phosphoric ester groups is 1. The van der Waals surface area contributed by atoms with Crippen LogP contribution in [-0.4, -0.2) is 73.4 Å². The molecule has 68 heavy (non-hydrogen) atoms. The fourth-order valence-corrected chi connectivity index (χ4v) is 9.18. The molecule has 1 amide bonds. The van der Waals surface area contributed by atoms with Gasteiger partial charge in [0.1, 0.15) is 13.2 Å². The van der Waals surface area contributed by atoms with Crippen LogP contribution in [0.5, 0.6) is 0 Å². The molecule has 3 unspecified atom stereocenters. The van der Waals surface area contributed by atoms with Crippen LogP contribution in [0.4, 0.5) is 0 Å². The van der Waals surface area contributed by atoms with E-state index in [0.717, 1.165) is 44.9 Å². The summed E-state index contributed by atoms with van der Waals surface area (Å²) >= 11 is 0. The van der Waals surface area contributed by atoms with Gasteiger partial charge in [-0.25, -0.2) is 4.57 Å². The summed E-state index contributed by atoms with van der Waals surface area (Å²) in [5.41, 5.74) is 0. The van der Waals surface area contributed by atoms with Gasteiger partial charge < -0.3 is 19.8 Å². The molecular formula is C59H114N2O6P+. The lowest BCUT2D eigenvalue weighted by atomic mass is 10.0. The molecule has 400 valence electrons. The van der Waals surface area contributed by atoms with Crippen LogP contribution in [0.3, 0.4) is 0 Å². The van der Waals surface area contributed by atoms with Gasteiger partial charge in [-0.1, -0.05) is 249 Å². The van der Waals surface area contributed by atoms with Gasteiger partial charge in [0.15, 0.2) is 0 Å². The lowest BCUT2D eigenvalue weighted by Gasteiger charge is -2.25. The number of aliphatic hydroxyl groups excluding tert-OH is 1. The number of amides is 1. The molecule has 0 bridgehead atoms. The number of nitrogens with one attached hydrogen (secondary N) is 1. The fraction of sp³-hybridized carbons (Fsp3) is 0.847. The Morgan fingerprint density at radius 1 is 0.500 bits per heavy atom. The molecule has 0 aliphatic heterocycles. The molecule has 0 aromatic heterocycles. The normalized spacial score (nSPS) is 14.3. The monoisotopic (exact) mass is 978 g/mol. The average molecular weight is 979 g/mol. The van der Waals surface area contributed by atoms with E-state index in [4.69, 9.17) is 9.05 Å². The van der Waals surface area contributed by atoms with Crippen molar-refractivity contribution >= 4 is 13.7 Å². The second kappa shape index (κ2) is 50.4. The smallest absolute Gasteiger partial charge is 0.387 e. The van der Waals surface area contributed by atoms with Crippen molar-refractivity contribution in [3.05, 3.63) is 48.6 Å². The summed E-state index contributed by atoms with van der Waals surface area (Å²) < 4.78 is 23.7. The van der Waals surface area contributed by atoms with Crippen LogP contribution in [0.2, 0.25) is 0 Å². The van der Waals surface area contributed by atoms with Gasteiger partial charge in [-0.2, -0.15) is 0 Å². The van der Waals surface area contributed by atoms with Gasteiger partial charge in [-0.05, 0) is 64.2 Å². The molecule has 0 radical (unpaired) electrons. The first-order chi connectivity index (χ1) is 33.0. The second-order valence-electron chi connectivity index (χ2n) is 21.0. The van der Waals surface area contributed by atoms with Gasteiger partial charge in [0, 0.05) is 6.42 Å². The van der Waals surface area contributed by atoms with Crippen molar-refractivity contribution in [3.63, 3.8) is 0 Å². The van der Waals surface area contributed by atoms with Crippen molar-refractivity contribution in [2.24, 2.45) is 0 Å². The highest BCUT2D eigenvalue weighted by Gasteiger charge is 2.27. The zero-order valence-electron chi connectivity index (χ0n) is 45.6. The zero-order valence-corrected chi connectivity index (χ0v) is 46.5. The molecule has 3 N–H and O–H groups in total. The molecule has 0 aliphatic carbocycles. The van der Waals surface area contributed by atoms with E-state index in [1.807, 2.05) is 27.2 Å². The minimum atomic E-state index is -4.35. The fourth-order valence-electron chi connectivity index (χ4n) is 8.44. The van der Waals surface area contributed by atoms with Crippen LogP contribution in [0, 0.1) is 0 Å². The van der Waals surface area contributed by atoms with Gasteiger partial charge in [0.25, 0.3) is 0 Å². The number of carbonyl (C=O) groups excluding carboxylic acids is 1. The van der Waals surface area contributed by atoms with E-state index in [2.05, 4.69) is 55.6 Å². The third kappa shape index (κ3) is 52.3. The number of hydrogen-bond donors (Lipinski definition) is 3. The Morgan fingerprint density at radius 2 is 0.853 bits per heavy atom. The standard InChI is InChI=1S/C59H113N2O6P/c1-6-8-10-12-14-16-18-20-22-23-24-25-26-27-28-29-30-31-32-33-34-35-36-37-39-41-43-45-47-49-51-53-59(63)60-57(56-67-68(64,65)66-55-54-61(3,4)5)58(62)52-50-48-46-44-42-40-38-21-19-17-15-13-11-9-7-2/h18,20,23-24,42,44,50,52,57-58,62H,6-17,19,21-22,25-41,43,45-49,51,53-56H2,1-5H3,(H-,60,63,64,65)/p+1/b20-18-,24-23-,44-42+,52-50+. The molecule has 3 atom stereocenters. The zero-order chi connectivity index (χ0) is 49.9. The minimum absolute atomic E-state index is 0.0567. The first-order valence-electron chi connectivity index (χ1n) is 29.0. The molecule has 0 spiro atoms. The topological polar surface area (TPSA) is 105 Å². The maximum absolute atomic E-state index is 13.0. The summed E-state index contributed by atoms with van der Waals surface area (Å²) in [5, 5.41) is 13.9. The number of quaternary nitrogens is 1.